The maximum Gasteiger partial charge on any atom is 0.136 e. The van der Waals surface area contributed by atoms with Crippen LogP contribution < -0.4 is 0 Å². The molecule has 0 radical (unpaired) electrons. The number of hydrogen-bond donors (Lipinski definition) is 0. The van der Waals surface area contributed by atoms with Gasteiger partial charge in [0, 0.05) is 32.1 Å². The van der Waals surface area contributed by atoms with Crippen LogP contribution >= 0.6 is 23.5 Å². The van der Waals surface area contributed by atoms with E-state index in [-0.39, 0.29) is 0 Å². The smallest absolute Gasteiger partial charge is 0.136 e. The van der Waals surface area contributed by atoms with Crippen molar-refractivity contribution >= 4 is 67.0 Å². The molecule has 0 amide bonds. The first-order valence-corrected chi connectivity index (χ1v) is 14.4. The molecular weight excluding hydrogens is 489 g/mol. The van der Waals surface area contributed by atoms with E-state index in [1.54, 1.807) is 0 Å². The molecule has 0 N–H and O–H groups in total. The first-order chi connectivity index (χ1) is 18.3. The molecule has 0 unspecified atom stereocenters. The highest BCUT2D eigenvalue weighted by Gasteiger charge is 2.15. The molecule has 7 rings (SSSR count). The fourth-order valence-electron chi connectivity index (χ4n) is 5.02. The van der Waals surface area contributed by atoms with Gasteiger partial charge in [-0.3, -0.25) is 0 Å². The van der Waals surface area contributed by atoms with Gasteiger partial charge < -0.3 is 4.42 Å². The average Bonchev–Trinajstić information content (AvgIpc) is 3.36. The second kappa shape index (κ2) is 9.66. The summed E-state index contributed by atoms with van der Waals surface area (Å²) in [6.45, 7) is 0. The lowest BCUT2D eigenvalue weighted by molar-refractivity contribution is 0.669. The lowest BCUT2D eigenvalue weighted by atomic mass is 10.00. The Kier molecular flexibility index (Phi) is 5.88. The number of benzene rings is 6. The Balaban J connectivity index is 1.34. The molecule has 37 heavy (non-hydrogen) atoms. The summed E-state index contributed by atoms with van der Waals surface area (Å²) >= 11 is 3.76. The van der Waals surface area contributed by atoms with Crippen molar-refractivity contribution in [2.24, 2.45) is 0 Å². The molecule has 3 heteroatoms. The molecule has 178 valence electrons. The average molecular weight is 513 g/mol. The van der Waals surface area contributed by atoms with Crippen molar-refractivity contribution in [2.45, 2.75) is 21.3 Å². The Morgan fingerprint density at radius 1 is 0.459 bits per heavy atom. The van der Waals surface area contributed by atoms with Crippen LogP contribution in [0.15, 0.2) is 136 Å². The van der Waals surface area contributed by atoms with Gasteiger partial charge in [-0.05, 0) is 69.1 Å². The Bertz CT molecular complexity index is 1730. The zero-order valence-electron chi connectivity index (χ0n) is 20.2. The first-order valence-electron chi connectivity index (χ1n) is 12.5. The monoisotopic (exact) mass is 512 g/mol. The number of hydrogen-bond acceptors (Lipinski definition) is 3. The van der Waals surface area contributed by atoms with Crippen molar-refractivity contribution < 1.29 is 4.42 Å². The summed E-state index contributed by atoms with van der Waals surface area (Å²) in [4.78, 5) is 2.55. The fraction of sp³-hybridized carbons (Fsp3) is 0.0588. The summed E-state index contributed by atoms with van der Waals surface area (Å²) in [5.74, 6) is 1.92. The van der Waals surface area contributed by atoms with Crippen molar-refractivity contribution in [2.75, 3.05) is 0 Å². The van der Waals surface area contributed by atoms with E-state index >= 15 is 0 Å². The molecule has 0 aliphatic rings. The van der Waals surface area contributed by atoms with Crippen LogP contribution in [0.4, 0.5) is 0 Å². The topological polar surface area (TPSA) is 13.1 Å². The van der Waals surface area contributed by atoms with Crippen molar-refractivity contribution in [1.82, 2.24) is 0 Å². The highest BCUT2D eigenvalue weighted by atomic mass is 32.2. The second-order valence-corrected chi connectivity index (χ2v) is 11.4. The Hall–Kier alpha value is -3.66. The van der Waals surface area contributed by atoms with Gasteiger partial charge in [-0.25, -0.2) is 0 Å². The van der Waals surface area contributed by atoms with Crippen LogP contribution in [0.25, 0.3) is 43.5 Å². The summed E-state index contributed by atoms with van der Waals surface area (Å²) < 4.78 is 6.39. The van der Waals surface area contributed by atoms with E-state index in [4.69, 9.17) is 4.42 Å². The summed E-state index contributed by atoms with van der Waals surface area (Å²) in [6, 6.07) is 43.6. The number of thioether (sulfide) groups is 2. The molecule has 7 aromatic rings. The van der Waals surface area contributed by atoms with E-state index in [0.717, 1.165) is 22.7 Å². The van der Waals surface area contributed by atoms with Crippen LogP contribution in [0.1, 0.15) is 11.1 Å². The van der Waals surface area contributed by atoms with Crippen LogP contribution in [-0.4, -0.2) is 0 Å². The van der Waals surface area contributed by atoms with E-state index in [9.17, 15) is 0 Å². The largest absolute Gasteiger partial charge is 0.456 e. The lowest BCUT2D eigenvalue weighted by Crippen LogP contribution is -1.82. The van der Waals surface area contributed by atoms with Gasteiger partial charge in [0.15, 0.2) is 0 Å². The van der Waals surface area contributed by atoms with Crippen molar-refractivity contribution in [1.29, 1.82) is 0 Å². The van der Waals surface area contributed by atoms with E-state index in [2.05, 4.69) is 121 Å². The molecule has 1 nitrogen and oxygen atoms in total. The molecule has 6 aromatic carbocycles. The molecular formula is C34H24OS2. The molecule has 0 atom stereocenters. The van der Waals surface area contributed by atoms with Crippen molar-refractivity contribution in [3.05, 3.63) is 132 Å². The molecule has 1 heterocycles. The van der Waals surface area contributed by atoms with Crippen LogP contribution in [0.2, 0.25) is 0 Å². The minimum Gasteiger partial charge on any atom is -0.456 e. The summed E-state index contributed by atoms with van der Waals surface area (Å²) in [7, 11) is 0. The fourth-order valence-corrected chi connectivity index (χ4v) is 6.81. The first kappa shape index (κ1) is 22.5. The standard InChI is InChI=1S/C34H24OS2/c1-3-7-23(8-4-1)21-36-27-15-11-25-13-17-31-33(29(25)19-27)34-30-20-28(37-22-24-9-5-2-6-10-24)16-12-26(30)14-18-32(34)35-31/h1-20H,21-22H2. The van der Waals surface area contributed by atoms with E-state index in [0.29, 0.717) is 0 Å². The van der Waals surface area contributed by atoms with Gasteiger partial charge in [0.05, 0.1) is 0 Å². The van der Waals surface area contributed by atoms with Gasteiger partial charge in [0.1, 0.15) is 11.2 Å². The normalized spacial score (nSPS) is 11.7. The summed E-state index contributed by atoms with van der Waals surface area (Å²) in [5, 5.41) is 7.42. The van der Waals surface area contributed by atoms with Gasteiger partial charge >= 0.3 is 0 Å². The van der Waals surface area contributed by atoms with Crippen molar-refractivity contribution in [3.63, 3.8) is 0 Å². The highest BCUT2D eigenvalue weighted by Crippen LogP contribution is 2.41. The SMILES string of the molecule is c1ccc(CSc2ccc3ccc4oc5ccc6ccc(SCc7ccccc7)cc6c5c4c3c2)cc1. The molecule has 0 aliphatic carbocycles. The van der Waals surface area contributed by atoms with Gasteiger partial charge in [-0.15, -0.1) is 23.5 Å². The zero-order valence-corrected chi connectivity index (χ0v) is 21.8. The zero-order chi connectivity index (χ0) is 24.6. The minimum absolute atomic E-state index is 0.947. The predicted octanol–water partition coefficient (Wildman–Crippen LogP) is 10.5. The second-order valence-electron chi connectivity index (χ2n) is 9.29. The lowest BCUT2D eigenvalue weighted by Gasteiger charge is -2.07. The predicted molar refractivity (Wildman–Crippen MR) is 161 cm³/mol. The number of fused-ring (bicyclic) bond motifs is 7. The highest BCUT2D eigenvalue weighted by molar-refractivity contribution is 7.98. The van der Waals surface area contributed by atoms with E-state index in [1.165, 1.54) is 53.2 Å². The van der Waals surface area contributed by atoms with Crippen LogP contribution in [0.3, 0.4) is 0 Å². The molecule has 0 bridgehead atoms. The Morgan fingerprint density at radius 3 is 1.35 bits per heavy atom. The van der Waals surface area contributed by atoms with Gasteiger partial charge in [-0.2, -0.15) is 0 Å². The van der Waals surface area contributed by atoms with Gasteiger partial charge in [0.2, 0.25) is 0 Å². The number of rotatable bonds is 6. The van der Waals surface area contributed by atoms with Crippen LogP contribution in [-0.2, 0) is 11.5 Å². The molecule has 0 aliphatic heterocycles. The van der Waals surface area contributed by atoms with Gasteiger partial charge in [-0.1, -0.05) is 84.9 Å². The third-order valence-corrected chi connectivity index (χ3v) is 9.01. The quantitative estimate of drug-likeness (QED) is 0.206. The van der Waals surface area contributed by atoms with E-state index in [1.807, 2.05) is 23.5 Å². The molecule has 1 aromatic heterocycles. The third-order valence-electron chi connectivity index (χ3n) is 6.88. The number of furan rings is 1. The summed E-state index contributed by atoms with van der Waals surface area (Å²) in [5.41, 5.74) is 4.57. The molecule has 0 fully saturated rings. The minimum atomic E-state index is 0.947. The van der Waals surface area contributed by atoms with Crippen LogP contribution in [0.5, 0.6) is 0 Å². The Morgan fingerprint density at radius 2 is 0.892 bits per heavy atom. The van der Waals surface area contributed by atoms with Gasteiger partial charge in [0.25, 0.3) is 0 Å². The molecule has 0 saturated heterocycles. The molecule has 0 saturated carbocycles. The Labute approximate surface area is 224 Å². The third kappa shape index (κ3) is 4.39. The van der Waals surface area contributed by atoms with Crippen molar-refractivity contribution in [3.8, 4) is 0 Å². The maximum atomic E-state index is 6.39. The summed E-state index contributed by atoms with van der Waals surface area (Å²) in [6.07, 6.45) is 0. The molecule has 0 spiro atoms. The van der Waals surface area contributed by atoms with E-state index < -0.39 is 0 Å². The van der Waals surface area contributed by atoms with Crippen LogP contribution in [0, 0.1) is 0 Å². The maximum absolute atomic E-state index is 6.39.